The molecule has 0 spiro atoms. The van der Waals surface area contributed by atoms with Gasteiger partial charge in [0.15, 0.2) is 0 Å². The Hall–Kier alpha value is -2.08. The molecule has 20 heavy (non-hydrogen) atoms. The Balaban J connectivity index is 2.22. The minimum absolute atomic E-state index is 0.292. The summed E-state index contributed by atoms with van der Waals surface area (Å²) < 4.78 is 11.1. The molecule has 0 atom stereocenters. The number of hydrogen-bond acceptors (Lipinski definition) is 4. The molecular weight excluding hydrogens is 324 g/mol. The highest BCUT2D eigenvalue weighted by Crippen LogP contribution is 2.25. The molecule has 5 nitrogen and oxygen atoms in total. The third-order valence-corrected chi connectivity index (χ3v) is 3.09. The molecule has 1 N–H and O–H groups in total. The van der Waals surface area contributed by atoms with Gasteiger partial charge in [-0.1, -0.05) is 0 Å². The topological polar surface area (TPSA) is 60.5 Å². The molecule has 1 aromatic carbocycles. The summed E-state index contributed by atoms with van der Waals surface area (Å²) in [7, 11) is 3.06. The molecule has 2 rings (SSSR count). The number of pyridine rings is 1. The first-order valence-electron chi connectivity index (χ1n) is 5.79. The first kappa shape index (κ1) is 14.3. The van der Waals surface area contributed by atoms with Crippen LogP contribution in [0.4, 0.5) is 5.82 Å². The van der Waals surface area contributed by atoms with E-state index in [1.807, 2.05) is 0 Å². The summed E-state index contributed by atoms with van der Waals surface area (Å²) in [6, 6.07) is 8.51. The molecule has 0 fully saturated rings. The molecule has 104 valence electrons. The lowest BCUT2D eigenvalue weighted by Crippen LogP contribution is -2.14. The van der Waals surface area contributed by atoms with Gasteiger partial charge in [-0.25, -0.2) is 4.98 Å². The second-order valence-corrected chi connectivity index (χ2v) is 4.80. The number of carbonyl (C=O) groups is 1. The molecule has 0 aliphatic rings. The van der Waals surface area contributed by atoms with E-state index in [0.717, 1.165) is 4.47 Å². The van der Waals surface area contributed by atoms with Crippen LogP contribution in [0, 0.1) is 0 Å². The van der Waals surface area contributed by atoms with Gasteiger partial charge < -0.3 is 14.8 Å². The van der Waals surface area contributed by atoms with Crippen molar-refractivity contribution in [2.24, 2.45) is 0 Å². The summed E-state index contributed by atoms with van der Waals surface area (Å²) in [5.74, 6) is 1.24. The lowest BCUT2D eigenvalue weighted by Gasteiger charge is -2.10. The van der Waals surface area contributed by atoms with Crippen molar-refractivity contribution >= 4 is 27.7 Å². The Morgan fingerprint density at radius 1 is 1.20 bits per heavy atom. The Labute approximate surface area is 125 Å². The van der Waals surface area contributed by atoms with Gasteiger partial charge in [-0.3, -0.25) is 4.79 Å². The van der Waals surface area contributed by atoms with Crippen molar-refractivity contribution in [3.05, 3.63) is 46.6 Å². The van der Waals surface area contributed by atoms with Crippen LogP contribution < -0.4 is 14.8 Å². The zero-order valence-electron chi connectivity index (χ0n) is 11.0. The van der Waals surface area contributed by atoms with Crippen molar-refractivity contribution in [3.8, 4) is 11.5 Å². The van der Waals surface area contributed by atoms with Gasteiger partial charge >= 0.3 is 0 Å². The van der Waals surface area contributed by atoms with Crippen LogP contribution in [0.2, 0.25) is 0 Å². The zero-order chi connectivity index (χ0) is 14.5. The van der Waals surface area contributed by atoms with E-state index in [2.05, 4.69) is 26.2 Å². The van der Waals surface area contributed by atoms with Crippen molar-refractivity contribution in [2.45, 2.75) is 0 Å². The second-order valence-electron chi connectivity index (χ2n) is 3.88. The van der Waals surface area contributed by atoms with Crippen LogP contribution in [0.1, 0.15) is 10.4 Å². The SMILES string of the molecule is COc1ccc(C(=O)Nc2ccc(Br)cn2)c(OC)c1. The Kier molecular flexibility index (Phi) is 4.57. The number of rotatable bonds is 4. The molecule has 0 bridgehead atoms. The van der Waals surface area contributed by atoms with Gasteiger partial charge in [0.2, 0.25) is 0 Å². The number of halogens is 1. The molecule has 0 saturated heterocycles. The molecule has 0 aliphatic heterocycles. The fourth-order valence-corrected chi connectivity index (χ4v) is 1.85. The van der Waals surface area contributed by atoms with Crippen molar-refractivity contribution in [1.29, 1.82) is 0 Å². The summed E-state index contributed by atoms with van der Waals surface area (Å²) in [6.45, 7) is 0. The highest BCUT2D eigenvalue weighted by molar-refractivity contribution is 9.10. The fraction of sp³-hybridized carbons (Fsp3) is 0.143. The highest BCUT2D eigenvalue weighted by atomic mass is 79.9. The summed E-state index contributed by atoms with van der Waals surface area (Å²) in [5, 5.41) is 2.71. The highest BCUT2D eigenvalue weighted by Gasteiger charge is 2.13. The van der Waals surface area contributed by atoms with Crippen molar-refractivity contribution < 1.29 is 14.3 Å². The number of hydrogen-bond donors (Lipinski definition) is 1. The van der Waals surface area contributed by atoms with Gasteiger partial charge in [0.1, 0.15) is 17.3 Å². The number of nitrogens with zero attached hydrogens (tertiary/aromatic N) is 1. The van der Waals surface area contributed by atoms with Crippen LogP contribution in [-0.2, 0) is 0 Å². The number of ether oxygens (including phenoxy) is 2. The number of anilines is 1. The third-order valence-electron chi connectivity index (χ3n) is 2.62. The minimum atomic E-state index is -0.292. The van der Waals surface area contributed by atoms with Gasteiger partial charge in [-0.2, -0.15) is 0 Å². The van der Waals surface area contributed by atoms with Crippen molar-refractivity contribution in [2.75, 3.05) is 19.5 Å². The van der Waals surface area contributed by atoms with Crippen molar-refractivity contribution in [1.82, 2.24) is 4.98 Å². The lowest BCUT2D eigenvalue weighted by atomic mass is 10.1. The van der Waals surface area contributed by atoms with Gasteiger partial charge in [-0.05, 0) is 40.2 Å². The molecule has 1 aromatic heterocycles. The first-order valence-corrected chi connectivity index (χ1v) is 6.58. The quantitative estimate of drug-likeness (QED) is 0.931. The average Bonchev–Trinajstić information content (AvgIpc) is 2.48. The van der Waals surface area contributed by atoms with Crippen LogP contribution in [0.15, 0.2) is 41.0 Å². The predicted octanol–water partition coefficient (Wildman–Crippen LogP) is 3.11. The third kappa shape index (κ3) is 3.27. The number of methoxy groups -OCH3 is 2. The van der Waals surface area contributed by atoms with Crippen LogP contribution in [0.5, 0.6) is 11.5 Å². The predicted molar refractivity (Wildman–Crippen MR) is 79.4 cm³/mol. The average molecular weight is 337 g/mol. The molecular formula is C14H13BrN2O3. The summed E-state index contributed by atoms with van der Waals surface area (Å²) >= 11 is 3.29. The van der Waals surface area contributed by atoms with Crippen LogP contribution >= 0.6 is 15.9 Å². The van der Waals surface area contributed by atoms with E-state index in [1.165, 1.54) is 7.11 Å². The van der Waals surface area contributed by atoms with E-state index in [-0.39, 0.29) is 5.91 Å². The number of carbonyl (C=O) groups excluding carboxylic acids is 1. The number of nitrogens with one attached hydrogen (secondary N) is 1. The van der Waals surface area contributed by atoms with E-state index in [4.69, 9.17) is 9.47 Å². The van der Waals surface area contributed by atoms with E-state index >= 15 is 0 Å². The van der Waals surface area contributed by atoms with E-state index in [9.17, 15) is 4.79 Å². The van der Waals surface area contributed by atoms with Gasteiger partial charge in [0.25, 0.3) is 5.91 Å². The molecule has 2 aromatic rings. The second kappa shape index (κ2) is 6.38. The summed E-state index contributed by atoms with van der Waals surface area (Å²) in [5.41, 5.74) is 0.415. The molecule has 0 aliphatic carbocycles. The Morgan fingerprint density at radius 3 is 2.60 bits per heavy atom. The van der Waals surface area contributed by atoms with Gasteiger partial charge in [-0.15, -0.1) is 0 Å². The first-order chi connectivity index (χ1) is 9.63. The van der Waals surface area contributed by atoms with Gasteiger partial charge in [0, 0.05) is 16.7 Å². The molecule has 0 radical (unpaired) electrons. The van der Waals surface area contributed by atoms with E-state index < -0.39 is 0 Å². The van der Waals surface area contributed by atoms with E-state index in [1.54, 1.807) is 43.6 Å². The maximum Gasteiger partial charge on any atom is 0.260 e. The largest absolute Gasteiger partial charge is 0.497 e. The van der Waals surface area contributed by atoms with E-state index in [0.29, 0.717) is 22.9 Å². The summed E-state index contributed by atoms with van der Waals surface area (Å²) in [6.07, 6.45) is 1.61. The zero-order valence-corrected chi connectivity index (χ0v) is 12.6. The Bertz CT molecular complexity index is 614. The molecule has 0 saturated carbocycles. The molecule has 6 heteroatoms. The molecule has 0 unspecified atom stereocenters. The Morgan fingerprint density at radius 2 is 2.00 bits per heavy atom. The number of benzene rings is 1. The molecule has 1 amide bonds. The summed E-state index contributed by atoms with van der Waals surface area (Å²) in [4.78, 5) is 16.3. The normalized spacial score (nSPS) is 9.95. The number of aromatic nitrogens is 1. The number of amides is 1. The maximum atomic E-state index is 12.2. The monoisotopic (exact) mass is 336 g/mol. The minimum Gasteiger partial charge on any atom is -0.497 e. The lowest BCUT2D eigenvalue weighted by molar-refractivity contribution is 0.102. The van der Waals surface area contributed by atoms with Crippen LogP contribution in [0.3, 0.4) is 0 Å². The maximum absolute atomic E-state index is 12.2. The van der Waals surface area contributed by atoms with Crippen LogP contribution in [0.25, 0.3) is 0 Å². The van der Waals surface area contributed by atoms with Crippen LogP contribution in [-0.4, -0.2) is 25.1 Å². The van der Waals surface area contributed by atoms with Crippen molar-refractivity contribution in [3.63, 3.8) is 0 Å². The molecule has 1 heterocycles. The fourth-order valence-electron chi connectivity index (χ4n) is 1.62. The smallest absolute Gasteiger partial charge is 0.260 e. The standard InChI is InChI=1S/C14H13BrN2O3/c1-19-10-4-5-11(12(7-10)20-2)14(18)17-13-6-3-9(15)8-16-13/h3-8H,1-2H3,(H,16,17,18). The van der Waals surface area contributed by atoms with Gasteiger partial charge in [0.05, 0.1) is 19.8 Å².